The zero-order valence-corrected chi connectivity index (χ0v) is 10.5. The van der Waals surface area contributed by atoms with Crippen LogP contribution in [0.15, 0.2) is 24.3 Å². The molecule has 0 saturated heterocycles. The van der Waals surface area contributed by atoms with Crippen LogP contribution in [0.2, 0.25) is 0 Å². The molecule has 0 bridgehead atoms. The minimum atomic E-state index is -5.49. The van der Waals surface area contributed by atoms with Crippen LogP contribution in [-0.2, 0) is 11.8 Å². The lowest BCUT2D eigenvalue weighted by molar-refractivity contribution is -0.296. The largest absolute Gasteiger partial charge is 0.454 e. The van der Waals surface area contributed by atoms with E-state index in [2.05, 4.69) is 0 Å². The summed E-state index contributed by atoms with van der Waals surface area (Å²) >= 11 is 0. The summed E-state index contributed by atoms with van der Waals surface area (Å²) in [7, 11) is 0. The van der Waals surface area contributed by atoms with E-state index in [1.54, 1.807) is 12.1 Å². The first kappa shape index (κ1) is 14.3. The lowest BCUT2D eigenvalue weighted by atomic mass is 9.88. The van der Waals surface area contributed by atoms with Crippen LogP contribution in [0.25, 0.3) is 0 Å². The van der Waals surface area contributed by atoms with Gasteiger partial charge in [0.15, 0.2) is 0 Å². The Balaban J connectivity index is 2.30. The highest BCUT2D eigenvalue weighted by molar-refractivity contribution is 5.37. The molecule has 1 aromatic carbocycles. The van der Waals surface area contributed by atoms with E-state index in [9.17, 15) is 22.0 Å². The van der Waals surface area contributed by atoms with Crippen molar-refractivity contribution in [3.05, 3.63) is 35.4 Å². The standard InChI is InChI=1S/C14H15F5/c1-2-3-10-4-6-11(7-5-10)12(8-9-12)13(15,16)14(17,18)19/h4-7H,2-3,8-9H2,1H3. The van der Waals surface area contributed by atoms with E-state index in [1.165, 1.54) is 12.1 Å². The number of alkyl halides is 5. The minimum Gasteiger partial charge on any atom is -0.195 e. The molecule has 1 aliphatic rings. The van der Waals surface area contributed by atoms with Gasteiger partial charge in [-0.3, -0.25) is 0 Å². The summed E-state index contributed by atoms with van der Waals surface area (Å²) in [4.78, 5) is 0. The van der Waals surface area contributed by atoms with Crippen LogP contribution in [0.5, 0.6) is 0 Å². The third-order valence-electron chi connectivity index (χ3n) is 3.75. The van der Waals surface area contributed by atoms with Gasteiger partial charge in [-0.1, -0.05) is 37.6 Å². The fourth-order valence-electron chi connectivity index (χ4n) is 2.46. The molecule has 1 saturated carbocycles. The molecule has 106 valence electrons. The zero-order valence-electron chi connectivity index (χ0n) is 10.5. The van der Waals surface area contributed by atoms with Gasteiger partial charge in [0.1, 0.15) is 0 Å². The third kappa shape index (κ3) is 2.23. The van der Waals surface area contributed by atoms with Crippen molar-refractivity contribution in [1.29, 1.82) is 0 Å². The summed E-state index contributed by atoms with van der Waals surface area (Å²) in [6.45, 7) is 1.98. The van der Waals surface area contributed by atoms with Crippen LogP contribution in [0, 0.1) is 0 Å². The van der Waals surface area contributed by atoms with Crippen molar-refractivity contribution in [3.63, 3.8) is 0 Å². The molecule has 19 heavy (non-hydrogen) atoms. The number of hydrogen-bond donors (Lipinski definition) is 0. The van der Waals surface area contributed by atoms with Gasteiger partial charge in [-0.05, 0) is 30.4 Å². The van der Waals surface area contributed by atoms with Crippen molar-refractivity contribution in [3.8, 4) is 0 Å². The first-order valence-corrected chi connectivity index (χ1v) is 6.28. The Bertz CT molecular complexity index is 440. The van der Waals surface area contributed by atoms with Gasteiger partial charge in [-0.2, -0.15) is 22.0 Å². The van der Waals surface area contributed by atoms with Gasteiger partial charge in [0, 0.05) is 0 Å². The van der Waals surface area contributed by atoms with Crippen molar-refractivity contribution < 1.29 is 22.0 Å². The molecule has 0 nitrogen and oxygen atoms in total. The molecule has 1 aromatic rings. The van der Waals surface area contributed by atoms with Crippen LogP contribution in [-0.4, -0.2) is 12.1 Å². The maximum atomic E-state index is 13.6. The van der Waals surface area contributed by atoms with E-state index < -0.39 is 17.5 Å². The van der Waals surface area contributed by atoms with E-state index in [4.69, 9.17) is 0 Å². The quantitative estimate of drug-likeness (QED) is 0.689. The Morgan fingerprint density at radius 3 is 1.89 bits per heavy atom. The molecule has 1 fully saturated rings. The molecule has 2 rings (SSSR count). The van der Waals surface area contributed by atoms with E-state index in [1.807, 2.05) is 6.92 Å². The van der Waals surface area contributed by atoms with Gasteiger partial charge < -0.3 is 0 Å². The molecule has 0 aromatic heterocycles. The average molecular weight is 278 g/mol. The van der Waals surface area contributed by atoms with Crippen molar-refractivity contribution in [1.82, 2.24) is 0 Å². The summed E-state index contributed by atoms with van der Waals surface area (Å²) < 4.78 is 64.7. The summed E-state index contributed by atoms with van der Waals surface area (Å²) in [6.07, 6.45) is -4.03. The summed E-state index contributed by atoms with van der Waals surface area (Å²) in [5.74, 6) is -4.66. The molecule has 0 N–H and O–H groups in total. The summed E-state index contributed by atoms with van der Waals surface area (Å²) in [6, 6.07) is 6.12. The molecule has 0 atom stereocenters. The second-order valence-corrected chi connectivity index (χ2v) is 5.10. The third-order valence-corrected chi connectivity index (χ3v) is 3.75. The average Bonchev–Trinajstić information content (AvgIpc) is 3.10. The van der Waals surface area contributed by atoms with E-state index in [0.717, 1.165) is 18.4 Å². The van der Waals surface area contributed by atoms with Crippen LogP contribution < -0.4 is 0 Å². The number of benzene rings is 1. The molecule has 0 unspecified atom stereocenters. The van der Waals surface area contributed by atoms with Crippen molar-refractivity contribution >= 4 is 0 Å². The second-order valence-electron chi connectivity index (χ2n) is 5.10. The number of aryl methyl sites for hydroxylation is 1. The van der Waals surface area contributed by atoms with Crippen LogP contribution in [0.4, 0.5) is 22.0 Å². The lowest BCUT2D eigenvalue weighted by Crippen LogP contribution is -2.47. The highest BCUT2D eigenvalue weighted by Gasteiger charge is 2.75. The zero-order chi connectivity index (χ0) is 14.3. The highest BCUT2D eigenvalue weighted by Crippen LogP contribution is 2.63. The first-order valence-electron chi connectivity index (χ1n) is 6.28. The lowest BCUT2D eigenvalue weighted by Gasteiger charge is -2.29. The SMILES string of the molecule is CCCc1ccc(C2(C(F)(F)C(F)(F)F)CC2)cc1. The predicted molar refractivity (Wildman–Crippen MR) is 62.4 cm³/mol. The molecule has 5 heteroatoms. The Morgan fingerprint density at radius 2 is 1.53 bits per heavy atom. The number of hydrogen-bond acceptors (Lipinski definition) is 0. The smallest absolute Gasteiger partial charge is 0.195 e. The molecular weight excluding hydrogens is 263 g/mol. The minimum absolute atomic E-state index is 0.0923. The number of halogens is 5. The topological polar surface area (TPSA) is 0 Å². The predicted octanol–water partition coefficient (Wildman–Crippen LogP) is 4.87. The Kier molecular flexibility index (Phi) is 3.35. The van der Waals surface area contributed by atoms with Gasteiger partial charge in [0.2, 0.25) is 0 Å². The highest BCUT2D eigenvalue weighted by atomic mass is 19.4. The molecule has 1 aliphatic carbocycles. The van der Waals surface area contributed by atoms with Crippen molar-refractivity contribution in [2.24, 2.45) is 0 Å². The fraction of sp³-hybridized carbons (Fsp3) is 0.571. The second kappa shape index (κ2) is 4.46. The molecule has 0 spiro atoms. The Labute approximate surface area is 108 Å². The van der Waals surface area contributed by atoms with Crippen LogP contribution in [0.3, 0.4) is 0 Å². The summed E-state index contributed by atoms with van der Waals surface area (Å²) in [5.41, 5.74) is -0.997. The maximum Gasteiger partial charge on any atom is 0.454 e. The normalized spacial score (nSPS) is 18.4. The van der Waals surface area contributed by atoms with Crippen LogP contribution in [0.1, 0.15) is 37.3 Å². The Morgan fingerprint density at radius 1 is 1.00 bits per heavy atom. The monoisotopic (exact) mass is 278 g/mol. The molecule has 0 amide bonds. The van der Waals surface area contributed by atoms with E-state index >= 15 is 0 Å². The van der Waals surface area contributed by atoms with Crippen molar-refractivity contribution in [2.45, 2.75) is 50.1 Å². The van der Waals surface area contributed by atoms with Crippen molar-refractivity contribution in [2.75, 3.05) is 0 Å². The summed E-state index contributed by atoms with van der Waals surface area (Å²) in [5, 5.41) is 0. The van der Waals surface area contributed by atoms with E-state index in [0.29, 0.717) is 0 Å². The van der Waals surface area contributed by atoms with Crippen LogP contribution >= 0.6 is 0 Å². The number of rotatable bonds is 4. The van der Waals surface area contributed by atoms with Gasteiger partial charge >= 0.3 is 12.1 Å². The van der Waals surface area contributed by atoms with E-state index in [-0.39, 0.29) is 18.4 Å². The molecular formula is C14H15F5. The maximum absolute atomic E-state index is 13.6. The molecule has 0 heterocycles. The van der Waals surface area contributed by atoms with Gasteiger partial charge in [0.05, 0.1) is 5.41 Å². The molecule has 0 aliphatic heterocycles. The first-order chi connectivity index (χ1) is 8.74. The molecule has 0 radical (unpaired) electrons. The van der Waals surface area contributed by atoms with Gasteiger partial charge in [-0.15, -0.1) is 0 Å². The van der Waals surface area contributed by atoms with Gasteiger partial charge in [-0.25, -0.2) is 0 Å². The fourth-order valence-corrected chi connectivity index (χ4v) is 2.46. The van der Waals surface area contributed by atoms with Gasteiger partial charge in [0.25, 0.3) is 0 Å². The Hall–Kier alpha value is -1.13.